The van der Waals surface area contributed by atoms with Crippen LogP contribution in [-0.2, 0) is 0 Å². The molecule has 0 bridgehead atoms. The van der Waals surface area contributed by atoms with Crippen LogP contribution >= 0.6 is 11.6 Å². The summed E-state index contributed by atoms with van der Waals surface area (Å²) in [5, 5.41) is 2.29. The molecule has 110 valence electrons. The zero-order valence-corrected chi connectivity index (χ0v) is 12.0. The fraction of sp³-hybridized carbons (Fsp3) is 0.133. The molecule has 2 nitrogen and oxygen atoms in total. The Labute approximate surface area is 124 Å². The minimum Gasteiger partial charge on any atom is -0.322 e. The van der Waals surface area contributed by atoms with Gasteiger partial charge in [0, 0.05) is 11.3 Å². The molecule has 0 aliphatic heterocycles. The molecular weight excluding hydrogens is 303 g/mol. The van der Waals surface area contributed by atoms with Gasteiger partial charge in [0.05, 0.1) is 10.6 Å². The van der Waals surface area contributed by atoms with Gasteiger partial charge in [0.15, 0.2) is 11.6 Å². The first-order valence-electron chi connectivity index (χ1n) is 6.03. The van der Waals surface area contributed by atoms with Crippen LogP contribution in [0, 0.1) is 31.3 Å². The third kappa shape index (κ3) is 2.88. The molecule has 0 atom stereocenters. The maximum Gasteiger partial charge on any atom is 0.259 e. The summed E-state index contributed by atoms with van der Waals surface area (Å²) in [6.07, 6.45) is 0. The van der Waals surface area contributed by atoms with Crippen LogP contribution in [0.1, 0.15) is 21.5 Å². The van der Waals surface area contributed by atoms with Crippen LogP contribution < -0.4 is 5.32 Å². The van der Waals surface area contributed by atoms with Crippen molar-refractivity contribution in [2.45, 2.75) is 13.8 Å². The van der Waals surface area contributed by atoms with E-state index in [0.29, 0.717) is 0 Å². The number of benzene rings is 2. The van der Waals surface area contributed by atoms with Crippen molar-refractivity contribution < 1.29 is 18.0 Å². The second kappa shape index (κ2) is 5.77. The van der Waals surface area contributed by atoms with Crippen LogP contribution in [0.25, 0.3) is 0 Å². The molecule has 0 fully saturated rings. The Morgan fingerprint density at radius 3 is 2.38 bits per heavy atom. The van der Waals surface area contributed by atoms with E-state index in [4.69, 9.17) is 11.6 Å². The predicted octanol–water partition coefficient (Wildman–Crippen LogP) is 4.63. The molecule has 0 aliphatic carbocycles. The Kier molecular flexibility index (Phi) is 4.23. The minimum absolute atomic E-state index is 0.0155. The van der Waals surface area contributed by atoms with Gasteiger partial charge in [0.25, 0.3) is 5.91 Å². The van der Waals surface area contributed by atoms with Crippen LogP contribution in [0.2, 0.25) is 5.02 Å². The fourth-order valence-electron chi connectivity index (χ4n) is 1.96. The molecule has 0 spiro atoms. The van der Waals surface area contributed by atoms with Crippen LogP contribution in [0.3, 0.4) is 0 Å². The van der Waals surface area contributed by atoms with Gasteiger partial charge in [-0.25, -0.2) is 13.2 Å². The largest absolute Gasteiger partial charge is 0.322 e. The summed E-state index contributed by atoms with van der Waals surface area (Å²) in [6, 6.07) is 5.08. The van der Waals surface area contributed by atoms with E-state index in [1.807, 2.05) is 0 Å². The van der Waals surface area contributed by atoms with Gasteiger partial charge in [0.1, 0.15) is 5.82 Å². The highest BCUT2D eigenvalue weighted by molar-refractivity contribution is 6.32. The highest BCUT2D eigenvalue weighted by Gasteiger charge is 2.24. The molecule has 0 aliphatic rings. The molecule has 2 aromatic carbocycles. The zero-order valence-electron chi connectivity index (χ0n) is 11.2. The Bertz CT molecular complexity index is 702. The van der Waals surface area contributed by atoms with Crippen LogP contribution in [-0.4, -0.2) is 5.91 Å². The van der Waals surface area contributed by atoms with Gasteiger partial charge in [0.2, 0.25) is 0 Å². The quantitative estimate of drug-likeness (QED) is 0.805. The van der Waals surface area contributed by atoms with E-state index in [-0.39, 0.29) is 21.8 Å². The second-order valence-electron chi connectivity index (χ2n) is 4.53. The van der Waals surface area contributed by atoms with Crippen molar-refractivity contribution in [2.75, 3.05) is 5.32 Å². The number of hydrogen-bond donors (Lipinski definition) is 1. The number of anilines is 1. The van der Waals surface area contributed by atoms with Gasteiger partial charge in [-0.1, -0.05) is 17.7 Å². The number of rotatable bonds is 2. The van der Waals surface area contributed by atoms with Crippen molar-refractivity contribution in [3.63, 3.8) is 0 Å². The monoisotopic (exact) mass is 313 g/mol. The highest BCUT2D eigenvalue weighted by atomic mass is 35.5. The van der Waals surface area contributed by atoms with Crippen molar-refractivity contribution in [2.24, 2.45) is 0 Å². The third-order valence-electron chi connectivity index (χ3n) is 3.08. The number of hydrogen-bond acceptors (Lipinski definition) is 1. The van der Waals surface area contributed by atoms with Gasteiger partial charge >= 0.3 is 0 Å². The molecule has 0 radical (unpaired) electrons. The van der Waals surface area contributed by atoms with Crippen molar-refractivity contribution in [3.05, 3.63) is 63.4 Å². The topological polar surface area (TPSA) is 29.1 Å². The lowest BCUT2D eigenvalue weighted by Gasteiger charge is -2.13. The van der Waals surface area contributed by atoms with Gasteiger partial charge in [-0.15, -0.1) is 0 Å². The maximum absolute atomic E-state index is 14.0. The third-order valence-corrected chi connectivity index (χ3v) is 3.65. The van der Waals surface area contributed by atoms with E-state index < -0.39 is 28.9 Å². The molecule has 2 rings (SSSR count). The van der Waals surface area contributed by atoms with E-state index >= 15 is 0 Å². The Morgan fingerprint density at radius 1 is 1.10 bits per heavy atom. The first-order valence-corrected chi connectivity index (χ1v) is 6.41. The number of amides is 1. The van der Waals surface area contributed by atoms with Crippen LogP contribution in [0.4, 0.5) is 18.9 Å². The summed E-state index contributed by atoms with van der Waals surface area (Å²) in [5.74, 6) is -3.90. The summed E-state index contributed by atoms with van der Waals surface area (Å²) in [7, 11) is 0. The number of carbonyl (C=O) groups excluding carboxylic acids is 1. The smallest absolute Gasteiger partial charge is 0.259 e. The molecule has 2 aromatic rings. The summed E-state index contributed by atoms with van der Waals surface area (Å²) in [6.45, 7) is 2.74. The molecule has 6 heteroatoms. The first-order chi connectivity index (χ1) is 9.82. The molecule has 0 heterocycles. The summed E-state index contributed by atoms with van der Waals surface area (Å²) < 4.78 is 40.7. The standard InChI is InChI=1S/C15H11ClF3NO/c1-7-11(14(19)13(18)8(2)12(7)16)15(21)20-10-5-3-4-9(17)6-10/h3-6H,1-2H3,(H,20,21). The Hall–Kier alpha value is -2.01. The molecule has 0 saturated carbocycles. The van der Waals surface area contributed by atoms with E-state index in [0.717, 1.165) is 6.07 Å². The van der Waals surface area contributed by atoms with Gasteiger partial charge in [-0.3, -0.25) is 4.79 Å². The first kappa shape index (κ1) is 15.4. The van der Waals surface area contributed by atoms with Crippen LogP contribution in [0.15, 0.2) is 24.3 Å². The lowest BCUT2D eigenvalue weighted by Crippen LogP contribution is -2.17. The Morgan fingerprint density at radius 2 is 1.76 bits per heavy atom. The van der Waals surface area contributed by atoms with Gasteiger partial charge < -0.3 is 5.32 Å². The maximum atomic E-state index is 14.0. The van der Waals surface area contributed by atoms with Crippen molar-refractivity contribution in [1.29, 1.82) is 0 Å². The van der Waals surface area contributed by atoms with E-state index in [9.17, 15) is 18.0 Å². The minimum atomic E-state index is -1.27. The van der Waals surface area contributed by atoms with E-state index in [2.05, 4.69) is 5.32 Å². The Balaban J connectivity index is 2.45. The lowest BCUT2D eigenvalue weighted by atomic mass is 10.0. The molecular formula is C15H11ClF3NO. The molecule has 0 unspecified atom stereocenters. The number of nitrogens with one attached hydrogen (secondary N) is 1. The molecule has 0 saturated heterocycles. The van der Waals surface area contributed by atoms with E-state index in [1.165, 1.54) is 32.0 Å². The van der Waals surface area contributed by atoms with E-state index in [1.54, 1.807) is 0 Å². The molecule has 1 N–H and O–H groups in total. The van der Waals surface area contributed by atoms with Crippen molar-refractivity contribution in [3.8, 4) is 0 Å². The normalized spacial score (nSPS) is 10.6. The average Bonchev–Trinajstić information content (AvgIpc) is 2.43. The molecule has 1 amide bonds. The SMILES string of the molecule is Cc1c(F)c(F)c(C(=O)Nc2cccc(F)c2)c(C)c1Cl. The predicted molar refractivity (Wildman–Crippen MR) is 75.2 cm³/mol. The highest BCUT2D eigenvalue weighted by Crippen LogP contribution is 2.29. The fourth-order valence-corrected chi connectivity index (χ4v) is 2.13. The summed E-state index contributed by atoms with van der Waals surface area (Å²) >= 11 is 5.89. The summed E-state index contributed by atoms with van der Waals surface area (Å²) in [5.41, 5.74) is -0.292. The average molecular weight is 314 g/mol. The van der Waals surface area contributed by atoms with Crippen molar-refractivity contribution >= 4 is 23.2 Å². The van der Waals surface area contributed by atoms with Gasteiger partial charge in [-0.05, 0) is 37.6 Å². The van der Waals surface area contributed by atoms with Crippen molar-refractivity contribution in [1.82, 2.24) is 0 Å². The second-order valence-corrected chi connectivity index (χ2v) is 4.91. The lowest BCUT2D eigenvalue weighted by molar-refractivity contribution is 0.102. The number of carbonyl (C=O) groups is 1. The number of halogens is 4. The summed E-state index contributed by atoms with van der Waals surface area (Å²) in [4.78, 5) is 12.1. The zero-order chi connectivity index (χ0) is 15.7. The molecule has 21 heavy (non-hydrogen) atoms. The van der Waals surface area contributed by atoms with Gasteiger partial charge in [-0.2, -0.15) is 0 Å². The molecule has 0 aromatic heterocycles. The van der Waals surface area contributed by atoms with Crippen LogP contribution in [0.5, 0.6) is 0 Å².